The summed E-state index contributed by atoms with van der Waals surface area (Å²) in [5.74, 6) is 11.0. The number of benzene rings is 1. The zero-order valence-corrected chi connectivity index (χ0v) is 68.2. The van der Waals surface area contributed by atoms with Crippen LogP contribution < -0.4 is 0 Å². The van der Waals surface area contributed by atoms with E-state index < -0.39 is 12.1 Å². The fourth-order valence-electron chi connectivity index (χ4n) is 32.1. The number of carboxylic acid groups (broad SMARTS) is 1. The van der Waals surface area contributed by atoms with E-state index in [0.29, 0.717) is 125 Å². The molecule has 0 amide bonds. The van der Waals surface area contributed by atoms with Crippen molar-refractivity contribution in [3.05, 3.63) is 35.9 Å². The first-order chi connectivity index (χ1) is 50.8. The Kier molecular flexibility index (Phi) is 23.0. The van der Waals surface area contributed by atoms with E-state index in [1.54, 1.807) is 0 Å². The highest BCUT2D eigenvalue weighted by Crippen LogP contribution is 2.72. The minimum atomic E-state index is -0.729. The van der Waals surface area contributed by atoms with Gasteiger partial charge < -0.3 is 35.0 Å². The first-order valence-electron chi connectivity index (χ1n) is 44.6. The van der Waals surface area contributed by atoms with Gasteiger partial charge in [-0.25, -0.2) is 4.79 Å². The van der Waals surface area contributed by atoms with Crippen LogP contribution in [0, 0.1) is 162 Å². The van der Waals surface area contributed by atoms with Gasteiger partial charge in [0.05, 0.1) is 37.1 Å². The first-order valence-corrected chi connectivity index (χ1v) is 44.6. The summed E-state index contributed by atoms with van der Waals surface area (Å²) < 4.78 is 10.9. The summed E-state index contributed by atoms with van der Waals surface area (Å²) in [6.07, 6.45) is 39.1. The van der Waals surface area contributed by atoms with E-state index in [-0.39, 0.29) is 98.9 Å². The lowest BCUT2D eigenvalue weighted by Crippen LogP contribution is -2.61. The Balaban J connectivity index is 0.000000121. The third kappa shape index (κ3) is 13.8. The van der Waals surface area contributed by atoms with E-state index in [4.69, 9.17) is 14.6 Å². The molecule has 17 rings (SSSR count). The SMILES string of the molecule is CC(CCC(=O)O)C1CCC2C3CCC4C[C@H](O)CC[C@]4(C)C3CC(=O)[C@]12C.COC(=O)CCC(C)C1CCC2C3C(=O)CC4C[C@H](O)CC[C@]4(C)C3C[C@H](O)[C@]12C.C[C@@]12CCC3C(CC[C@H]4CCCC[C@]34C)C1CCC2=O.C[C@]12CCC3C(CC[C@H]4CC(O)CC[C@]34C)C1CCC2OC(=O)c1ccccc1. The molecule has 16 fully saturated rings. The highest BCUT2D eigenvalue weighted by atomic mass is 16.5. The average Bonchev–Trinajstić information content (AvgIpc) is 1.67. The van der Waals surface area contributed by atoms with Crippen molar-refractivity contribution in [2.45, 2.75) is 344 Å². The summed E-state index contributed by atoms with van der Waals surface area (Å²) in [5.41, 5.74) is 1.64. The molecule has 0 spiro atoms. The summed E-state index contributed by atoms with van der Waals surface area (Å²) in [6, 6.07) is 9.45. The number of ether oxygens (including phenoxy) is 2. The highest BCUT2D eigenvalue weighted by Gasteiger charge is 2.69. The number of ketones is 3. The van der Waals surface area contributed by atoms with Gasteiger partial charge in [-0.3, -0.25) is 24.0 Å². The molecule has 0 aromatic heterocycles. The number of hydrogen-bond donors (Lipinski definition) is 5. The van der Waals surface area contributed by atoms with Crippen LogP contribution in [0.25, 0.3) is 0 Å². The second-order valence-corrected chi connectivity index (χ2v) is 42.3. The Morgan fingerprint density at radius 2 is 0.991 bits per heavy atom. The predicted molar refractivity (Wildman–Crippen MR) is 416 cm³/mol. The number of hydrogen-bond acceptors (Lipinski definition) is 12. The number of aliphatic carboxylic acids is 1. The van der Waals surface area contributed by atoms with Crippen LogP contribution in [0.15, 0.2) is 30.3 Å². The third-order valence-electron chi connectivity index (χ3n) is 38.5. The quantitative estimate of drug-likeness (QED) is 0.138. The first kappa shape index (κ1) is 80.1. The Hall–Kier alpha value is -3.52. The van der Waals surface area contributed by atoms with Crippen molar-refractivity contribution in [3.63, 3.8) is 0 Å². The molecule has 20 unspecified atom stereocenters. The molecule has 0 heterocycles. The predicted octanol–water partition coefficient (Wildman–Crippen LogP) is 19.0. The maximum Gasteiger partial charge on any atom is 0.338 e. The fourth-order valence-corrected chi connectivity index (χ4v) is 32.1. The number of esters is 2. The number of fused-ring (bicyclic) bond motifs is 20. The maximum absolute atomic E-state index is 13.6. The maximum atomic E-state index is 13.6. The van der Waals surface area contributed by atoms with Crippen LogP contribution in [0.2, 0.25) is 0 Å². The monoisotopic (exact) mass is 1480 g/mol. The van der Waals surface area contributed by atoms with Crippen LogP contribution in [0.5, 0.6) is 0 Å². The number of Topliss-reactive ketones (excluding diaryl/α,β-unsaturated/α-hetero) is 3. The molecule has 33 atom stereocenters. The molecule has 107 heavy (non-hydrogen) atoms. The van der Waals surface area contributed by atoms with Gasteiger partial charge in [0.15, 0.2) is 0 Å². The van der Waals surface area contributed by atoms with Gasteiger partial charge in [0.25, 0.3) is 0 Å². The molecule has 0 bridgehead atoms. The summed E-state index contributed by atoms with van der Waals surface area (Å²) in [5, 5.41) is 51.2. The third-order valence-corrected chi connectivity index (χ3v) is 38.5. The number of carbonyl (C=O) groups is 6. The van der Waals surface area contributed by atoms with E-state index in [1.807, 2.05) is 30.3 Å². The second-order valence-electron chi connectivity index (χ2n) is 42.3. The van der Waals surface area contributed by atoms with Crippen molar-refractivity contribution in [1.29, 1.82) is 0 Å². The molecular weight excluding hydrogens is 1340 g/mol. The molecule has 16 saturated carbocycles. The van der Waals surface area contributed by atoms with Gasteiger partial charge in [0.2, 0.25) is 0 Å². The molecular formula is C94H144O13. The van der Waals surface area contributed by atoms with Gasteiger partial charge in [-0.15, -0.1) is 0 Å². The number of carboxylic acids is 1. The zero-order valence-electron chi connectivity index (χ0n) is 68.2. The number of aliphatic hydroxyl groups is 4. The minimum Gasteiger partial charge on any atom is -0.481 e. The van der Waals surface area contributed by atoms with E-state index in [9.17, 15) is 49.2 Å². The van der Waals surface area contributed by atoms with Gasteiger partial charge in [-0.2, -0.15) is 0 Å². The molecule has 16 aliphatic carbocycles. The lowest BCUT2D eigenvalue weighted by atomic mass is 9.43. The average molecular weight is 1480 g/mol. The van der Waals surface area contributed by atoms with Crippen LogP contribution in [-0.2, 0) is 33.4 Å². The molecule has 16 aliphatic rings. The largest absolute Gasteiger partial charge is 0.481 e. The molecule has 5 N–H and O–H groups in total. The molecule has 13 nitrogen and oxygen atoms in total. The Morgan fingerprint density at radius 3 is 1.64 bits per heavy atom. The Bertz CT molecular complexity index is 3390. The summed E-state index contributed by atoms with van der Waals surface area (Å²) >= 11 is 0. The molecule has 0 saturated heterocycles. The van der Waals surface area contributed by atoms with Crippen molar-refractivity contribution in [2.75, 3.05) is 7.11 Å². The van der Waals surface area contributed by atoms with E-state index in [0.717, 1.165) is 132 Å². The van der Waals surface area contributed by atoms with Crippen LogP contribution in [-0.4, -0.2) is 98.4 Å². The highest BCUT2D eigenvalue weighted by molar-refractivity contribution is 5.90. The van der Waals surface area contributed by atoms with Gasteiger partial charge in [-0.1, -0.05) is 100 Å². The van der Waals surface area contributed by atoms with Gasteiger partial charge in [0.1, 0.15) is 23.5 Å². The minimum absolute atomic E-state index is 0.0488. The van der Waals surface area contributed by atoms with Crippen LogP contribution >= 0.6 is 0 Å². The summed E-state index contributed by atoms with van der Waals surface area (Å²) in [6.45, 7) is 23.4. The Labute approximate surface area is 644 Å². The normalized spacial score (nSPS) is 49.4. The van der Waals surface area contributed by atoms with Crippen molar-refractivity contribution >= 4 is 35.3 Å². The van der Waals surface area contributed by atoms with Gasteiger partial charge >= 0.3 is 17.9 Å². The molecule has 1 aromatic carbocycles. The number of carbonyl (C=O) groups excluding carboxylic acids is 5. The number of methoxy groups -OCH3 is 1. The smallest absolute Gasteiger partial charge is 0.338 e. The van der Waals surface area contributed by atoms with Crippen LogP contribution in [0.4, 0.5) is 0 Å². The number of aliphatic hydroxyl groups excluding tert-OH is 4. The molecule has 0 aliphatic heterocycles. The van der Waals surface area contributed by atoms with Gasteiger partial charge in [0, 0.05) is 59.7 Å². The van der Waals surface area contributed by atoms with E-state index in [1.165, 1.54) is 116 Å². The topological polar surface area (TPSA) is 222 Å². The lowest BCUT2D eigenvalue weighted by Gasteiger charge is -2.61. The molecule has 1 aromatic rings. The Morgan fingerprint density at radius 1 is 0.467 bits per heavy atom. The van der Waals surface area contributed by atoms with Crippen molar-refractivity contribution in [3.8, 4) is 0 Å². The van der Waals surface area contributed by atoms with Crippen LogP contribution in [0.3, 0.4) is 0 Å². The number of rotatable bonds is 10. The van der Waals surface area contributed by atoms with Crippen molar-refractivity contribution in [1.82, 2.24) is 0 Å². The summed E-state index contributed by atoms with van der Waals surface area (Å²) in [4.78, 5) is 74.8. The second kappa shape index (κ2) is 30.7. The van der Waals surface area contributed by atoms with Crippen molar-refractivity contribution < 1.29 is 63.8 Å². The zero-order chi connectivity index (χ0) is 76.3. The van der Waals surface area contributed by atoms with Crippen LogP contribution in [0.1, 0.15) is 324 Å². The molecule has 598 valence electrons. The van der Waals surface area contributed by atoms with Gasteiger partial charge in [-0.05, 0) is 345 Å². The molecule has 13 heteroatoms. The lowest BCUT2D eigenvalue weighted by molar-refractivity contribution is -0.182. The van der Waals surface area contributed by atoms with E-state index in [2.05, 4.69) is 69.2 Å². The molecule has 0 radical (unpaired) electrons. The summed E-state index contributed by atoms with van der Waals surface area (Å²) in [7, 11) is 1.43. The fraction of sp³-hybridized carbons (Fsp3) is 0.872. The van der Waals surface area contributed by atoms with E-state index >= 15 is 0 Å². The van der Waals surface area contributed by atoms with Crippen molar-refractivity contribution in [2.24, 2.45) is 162 Å². The standard InChI is InChI=1S/C26H36O3.C25H40O5.C24H38O4.C19H30O/c1-25-14-12-19(27)16-18(25)8-9-20-21-10-11-23(26(21,2)15-13-22(20)25)29-24(28)17-6-4-3-5-7-17;1-14(5-8-22(29)30-4)17-6-7-18-23-19(13-21(28)25(17,18)3)24(2)10-9-16(26)11-15(24)12-20(23)27;1-14(4-9-22(27)28)18-7-8-19-17-6-5-15-12-16(25)10-11-23(15,2)20(17)13-21(26)24(18,19)3;1-18-11-4-3-5-13(18)6-7-14-15-8-9-17(20)19(15,2)12-10-16(14)18/h3-7,18-23,27H,8-16H2,1-2H3;14-19,21,23,26,28H,5-13H2,1-4H3;14-20,25H,4-13H2,1-3H3,(H,27,28);13-16H,3-12H2,1-2H3/t18-,19?,20?,21?,22?,23?,25-,26-;14?,15?,16-,17?,18?,19?,21+,23?,24+,25-;14?,15?,16-,17?,18?,19?,20?,23+,24-;13-,14?,15?,16?,18+,19-/m0111/s1.